The van der Waals surface area contributed by atoms with Crippen molar-refractivity contribution in [2.45, 2.75) is 6.92 Å². The Morgan fingerprint density at radius 3 is 2.71 bits per heavy atom. The van der Waals surface area contributed by atoms with Gasteiger partial charge in [0.15, 0.2) is 5.13 Å². The van der Waals surface area contributed by atoms with Gasteiger partial charge in [0.1, 0.15) is 17.1 Å². The summed E-state index contributed by atoms with van der Waals surface area (Å²) in [6.45, 7) is 1.69. The van der Waals surface area contributed by atoms with Crippen molar-refractivity contribution < 1.29 is 19.4 Å². The third kappa shape index (κ3) is 3.21. The highest BCUT2D eigenvalue weighted by atomic mass is 32.1. The number of rotatable bonds is 4. The van der Waals surface area contributed by atoms with Gasteiger partial charge < -0.3 is 15.5 Å². The molecule has 0 unspecified atom stereocenters. The number of phenols is 1. The Balaban J connectivity index is 1.82. The second-order valence-corrected chi connectivity index (χ2v) is 6.02. The number of carbonyl (C=O) groups is 1. The molecule has 3 rings (SSSR count). The second kappa shape index (κ2) is 6.29. The van der Waals surface area contributed by atoms with Gasteiger partial charge in [-0.15, -0.1) is 11.3 Å². The van der Waals surface area contributed by atoms with Crippen LogP contribution in [0.1, 0.15) is 15.9 Å². The first-order valence-electron chi connectivity index (χ1n) is 6.99. The van der Waals surface area contributed by atoms with Crippen molar-refractivity contribution in [3.05, 3.63) is 58.7 Å². The Kier molecular flexibility index (Phi) is 4.18. The van der Waals surface area contributed by atoms with E-state index in [0.717, 1.165) is 5.56 Å². The average molecular weight is 344 g/mol. The lowest BCUT2D eigenvalue weighted by Gasteiger charge is -2.05. The molecule has 1 aromatic heterocycles. The van der Waals surface area contributed by atoms with Gasteiger partial charge in [0.25, 0.3) is 0 Å². The number of carboxylic acids is 1. The van der Waals surface area contributed by atoms with Crippen LogP contribution in [0.2, 0.25) is 0 Å². The van der Waals surface area contributed by atoms with E-state index in [2.05, 4.69) is 10.3 Å². The molecule has 7 heteroatoms. The van der Waals surface area contributed by atoms with Crippen LogP contribution >= 0.6 is 11.3 Å². The Morgan fingerprint density at radius 1 is 1.25 bits per heavy atom. The number of benzene rings is 2. The zero-order valence-electron chi connectivity index (χ0n) is 12.6. The molecule has 2 aromatic carbocycles. The maximum absolute atomic E-state index is 13.3. The molecular weight excluding hydrogens is 331 g/mol. The minimum absolute atomic E-state index is 0.165. The lowest BCUT2D eigenvalue weighted by Crippen LogP contribution is -1.97. The molecule has 3 N–H and O–H groups in total. The van der Waals surface area contributed by atoms with Gasteiger partial charge in [0.05, 0.1) is 5.69 Å². The fourth-order valence-corrected chi connectivity index (χ4v) is 2.92. The van der Waals surface area contributed by atoms with Crippen molar-refractivity contribution in [2.24, 2.45) is 0 Å². The Hall–Kier alpha value is -2.93. The second-order valence-electron chi connectivity index (χ2n) is 5.16. The fraction of sp³-hybridized carbons (Fsp3) is 0.0588. The SMILES string of the molecule is Cc1cc(-c2csc(Nc3ccc(C(=O)O)c(O)c3)n2)ccc1F. The molecule has 3 aromatic rings. The summed E-state index contributed by atoms with van der Waals surface area (Å²) < 4.78 is 13.3. The first-order chi connectivity index (χ1) is 11.4. The van der Waals surface area contributed by atoms with E-state index in [0.29, 0.717) is 22.1 Å². The number of aryl methyl sites for hydroxylation is 1. The van der Waals surface area contributed by atoms with E-state index >= 15 is 0 Å². The van der Waals surface area contributed by atoms with Crippen LogP contribution in [0.25, 0.3) is 11.3 Å². The smallest absolute Gasteiger partial charge is 0.339 e. The summed E-state index contributed by atoms with van der Waals surface area (Å²) in [5.74, 6) is -1.78. The third-order valence-corrected chi connectivity index (χ3v) is 4.20. The monoisotopic (exact) mass is 344 g/mol. The number of carboxylic acid groups (broad SMARTS) is 1. The average Bonchev–Trinajstić information content (AvgIpc) is 2.98. The molecule has 0 aliphatic rings. The predicted octanol–water partition coefficient (Wildman–Crippen LogP) is 4.41. The van der Waals surface area contributed by atoms with Crippen LogP contribution in [0.15, 0.2) is 41.8 Å². The predicted molar refractivity (Wildman–Crippen MR) is 90.6 cm³/mol. The summed E-state index contributed by atoms with van der Waals surface area (Å²) in [6.07, 6.45) is 0. The third-order valence-electron chi connectivity index (χ3n) is 3.44. The molecule has 0 aliphatic heterocycles. The minimum atomic E-state index is -1.19. The molecule has 0 fully saturated rings. The molecule has 0 amide bonds. The quantitative estimate of drug-likeness (QED) is 0.653. The molecule has 0 radical (unpaired) electrons. The van der Waals surface area contributed by atoms with Gasteiger partial charge in [0, 0.05) is 22.7 Å². The van der Waals surface area contributed by atoms with Gasteiger partial charge in [-0.3, -0.25) is 0 Å². The fourth-order valence-electron chi connectivity index (χ4n) is 2.18. The van der Waals surface area contributed by atoms with Crippen LogP contribution in [0.4, 0.5) is 15.2 Å². The van der Waals surface area contributed by atoms with Gasteiger partial charge in [0.2, 0.25) is 0 Å². The number of aromatic hydroxyl groups is 1. The molecule has 0 atom stereocenters. The van der Waals surface area contributed by atoms with Crippen molar-refractivity contribution in [2.75, 3.05) is 5.32 Å². The van der Waals surface area contributed by atoms with Crippen LogP contribution in [-0.2, 0) is 0 Å². The number of nitrogens with one attached hydrogen (secondary N) is 1. The van der Waals surface area contributed by atoms with Crippen molar-refractivity contribution >= 4 is 28.1 Å². The van der Waals surface area contributed by atoms with E-state index in [9.17, 15) is 14.3 Å². The molecule has 0 saturated carbocycles. The van der Waals surface area contributed by atoms with E-state index < -0.39 is 5.97 Å². The van der Waals surface area contributed by atoms with Crippen molar-refractivity contribution in [3.8, 4) is 17.0 Å². The van der Waals surface area contributed by atoms with E-state index in [1.54, 1.807) is 25.1 Å². The topological polar surface area (TPSA) is 82.5 Å². The number of hydrogen-bond donors (Lipinski definition) is 3. The van der Waals surface area contributed by atoms with Gasteiger partial charge in [-0.05, 0) is 42.8 Å². The van der Waals surface area contributed by atoms with Crippen molar-refractivity contribution in [1.29, 1.82) is 0 Å². The van der Waals surface area contributed by atoms with Gasteiger partial charge >= 0.3 is 5.97 Å². The van der Waals surface area contributed by atoms with Gasteiger partial charge in [-0.25, -0.2) is 14.2 Å². The molecule has 0 spiro atoms. The zero-order chi connectivity index (χ0) is 17.3. The number of nitrogens with zero attached hydrogens (tertiary/aromatic N) is 1. The van der Waals surface area contributed by atoms with E-state index in [1.807, 2.05) is 5.38 Å². The lowest BCUT2D eigenvalue weighted by molar-refractivity contribution is 0.0694. The first kappa shape index (κ1) is 15.9. The number of anilines is 2. The van der Waals surface area contributed by atoms with Crippen molar-refractivity contribution in [1.82, 2.24) is 4.98 Å². The molecule has 0 saturated heterocycles. The summed E-state index contributed by atoms with van der Waals surface area (Å²) >= 11 is 1.35. The maximum atomic E-state index is 13.3. The van der Waals surface area contributed by atoms with Gasteiger partial charge in [-0.2, -0.15) is 0 Å². The molecule has 5 nitrogen and oxygen atoms in total. The number of halogens is 1. The Morgan fingerprint density at radius 2 is 2.04 bits per heavy atom. The summed E-state index contributed by atoms with van der Waals surface area (Å²) in [7, 11) is 0. The van der Waals surface area contributed by atoms with Crippen LogP contribution in [0.5, 0.6) is 5.75 Å². The number of thiazole rings is 1. The van der Waals surface area contributed by atoms with Crippen LogP contribution in [0, 0.1) is 12.7 Å². The Bertz CT molecular complexity index is 924. The summed E-state index contributed by atoms with van der Waals surface area (Å²) in [5.41, 5.74) is 2.42. The highest BCUT2D eigenvalue weighted by molar-refractivity contribution is 7.14. The van der Waals surface area contributed by atoms with Gasteiger partial charge in [-0.1, -0.05) is 0 Å². The first-order valence-corrected chi connectivity index (χ1v) is 7.87. The van der Waals surface area contributed by atoms with Crippen LogP contribution in [0.3, 0.4) is 0 Å². The molecule has 24 heavy (non-hydrogen) atoms. The summed E-state index contributed by atoms with van der Waals surface area (Å²) in [5, 5.41) is 24.0. The standard InChI is InChI=1S/C17H13FN2O3S/c1-9-6-10(2-5-13(9)18)14-8-24-17(20-14)19-11-3-4-12(16(22)23)15(21)7-11/h2-8,21H,1H3,(H,19,20)(H,22,23). The minimum Gasteiger partial charge on any atom is -0.507 e. The Labute approximate surface area is 141 Å². The number of aromatic nitrogens is 1. The molecule has 0 aliphatic carbocycles. The van der Waals surface area contributed by atoms with E-state index in [-0.39, 0.29) is 17.1 Å². The van der Waals surface area contributed by atoms with Crippen molar-refractivity contribution in [3.63, 3.8) is 0 Å². The molecular formula is C17H13FN2O3S. The maximum Gasteiger partial charge on any atom is 0.339 e. The van der Waals surface area contributed by atoms with Crippen LogP contribution < -0.4 is 5.32 Å². The summed E-state index contributed by atoms with van der Waals surface area (Å²) in [6, 6.07) is 8.98. The zero-order valence-corrected chi connectivity index (χ0v) is 13.4. The molecule has 1 heterocycles. The van der Waals surface area contributed by atoms with E-state index in [1.165, 1.54) is 29.5 Å². The molecule has 122 valence electrons. The highest BCUT2D eigenvalue weighted by Gasteiger charge is 2.11. The lowest BCUT2D eigenvalue weighted by atomic mass is 10.1. The normalized spacial score (nSPS) is 10.6. The van der Waals surface area contributed by atoms with E-state index in [4.69, 9.17) is 5.11 Å². The largest absolute Gasteiger partial charge is 0.507 e. The number of aromatic carboxylic acids is 1. The van der Waals surface area contributed by atoms with Crippen LogP contribution in [-0.4, -0.2) is 21.2 Å². The molecule has 0 bridgehead atoms. The highest BCUT2D eigenvalue weighted by Crippen LogP contribution is 2.30. The number of hydrogen-bond acceptors (Lipinski definition) is 5. The summed E-state index contributed by atoms with van der Waals surface area (Å²) in [4.78, 5) is 15.3.